The number of rotatable bonds is 10. The van der Waals surface area contributed by atoms with Gasteiger partial charge in [0.25, 0.3) is 0 Å². The molecule has 2 aromatic carbocycles. The van der Waals surface area contributed by atoms with Gasteiger partial charge in [-0.1, -0.05) is 36.4 Å². The van der Waals surface area contributed by atoms with E-state index in [4.69, 9.17) is 4.74 Å². The van der Waals surface area contributed by atoms with E-state index < -0.39 is 10.0 Å². The van der Waals surface area contributed by atoms with Gasteiger partial charge < -0.3 is 10.1 Å². The van der Waals surface area contributed by atoms with Crippen molar-refractivity contribution in [3.63, 3.8) is 0 Å². The monoisotopic (exact) mass is 499 g/mol. The van der Waals surface area contributed by atoms with Crippen LogP contribution >= 0.6 is 11.3 Å². The molecule has 180 valence electrons. The zero-order valence-electron chi connectivity index (χ0n) is 19.1. The summed E-state index contributed by atoms with van der Waals surface area (Å²) < 4.78 is 33.4. The molecule has 1 fully saturated rings. The molecule has 0 bridgehead atoms. The van der Waals surface area contributed by atoms with Crippen molar-refractivity contribution in [2.45, 2.75) is 30.7 Å². The number of nitrogens with one attached hydrogen (secondary N) is 2. The third kappa shape index (κ3) is 5.67. The minimum Gasteiger partial charge on any atom is -0.492 e. The number of amides is 1. The molecule has 2 heterocycles. The van der Waals surface area contributed by atoms with Crippen LogP contribution in [0, 0.1) is 0 Å². The van der Waals surface area contributed by atoms with Crippen molar-refractivity contribution in [1.82, 2.24) is 9.62 Å². The molecule has 4 rings (SSSR count). The summed E-state index contributed by atoms with van der Waals surface area (Å²) in [5.74, 6) is 0.0403. The molecule has 3 aromatic rings. The second-order valence-electron chi connectivity index (χ2n) is 7.99. The van der Waals surface area contributed by atoms with Gasteiger partial charge in [-0.25, -0.2) is 8.42 Å². The minimum atomic E-state index is -3.70. The van der Waals surface area contributed by atoms with Crippen molar-refractivity contribution in [3.8, 4) is 5.75 Å². The Bertz CT molecular complexity index is 1190. The predicted molar refractivity (Wildman–Crippen MR) is 135 cm³/mol. The van der Waals surface area contributed by atoms with Crippen LogP contribution in [0.5, 0.6) is 5.75 Å². The van der Waals surface area contributed by atoms with Crippen molar-refractivity contribution in [3.05, 3.63) is 76.5 Å². The van der Waals surface area contributed by atoms with Gasteiger partial charge in [0.2, 0.25) is 15.9 Å². The van der Waals surface area contributed by atoms with E-state index in [0.717, 1.165) is 23.3 Å². The number of carbonyl (C=O) groups excluding carboxylic acids is 1. The topological polar surface area (TPSA) is 87.7 Å². The third-order valence-electron chi connectivity index (χ3n) is 5.64. The first-order chi connectivity index (χ1) is 16.5. The summed E-state index contributed by atoms with van der Waals surface area (Å²) in [5.41, 5.74) is 1.48. The maximum absolute atomic E-state index is 13.2. The van der Waals surface area contributed by atoms with E-state index in [9.17, 15) is 13.2 Å². The zero-order chi connectivity index (χ0) is 24.0. The molecule has 0 aliphatic carbocycles. The highest BCUT2D eigenvalue weighted by Gasteiger charge is 2.30. The fourth-order valence-corrected chi connectivity index (χ4v) is 6.51. The highest BCUT2D eigenvalue weighted by Crippen LogP contribution is 2.32. The Labute approximate surface area is 204 Å². The summed E-state index contributed by atoms with van der Waals surface area (Å²) in [6, 6.07) is 18.6. The summed E-state index contributed by atoms with van der Waals surface area (Å²) in [5, 5.41) is 8.17. The standard InChI is InChI=1S/C25H29N3O4S2/c1-2-32-21-13-12-20(17-23(21)34(30,31)28-14-6-7-15-28)27-24(29)18-26-25(22-11-8-16-33-22)19-9-4-3-5-10-19/h3-5,8-13,16-17,25-26H,2,6-7,14-15,18H2,1H3,(H,27,29)/t25-/m0/s1. The first kappa shape index (κ1) is 24.4. The van der Waals surface area contributed by atoms with Crippen LogP contribution in [0.15, 0.2) is 70.9 Å². The zero-order valence-corrected chi connectivity index (χ0v) is 20.7. The van der Waals surface area contributed by atoms with E-state index >= 15 is 0 Å². The highest BCUT2D eigenvalue weighted by atomic mass is 32.2. The summed E-state index contributed by atoms with van der Waals surface area (Å²) in [6.45, 7) is 3.22. The summed E-state index contributed by atoms with van der Waals surface area (Å²) in [4.78, 5) is 14.0. The number of hydrogen-bond donors (Lipinski definition) is 2. The molecule has 7 nitrogen and oxygen atoms in total. The maximum Gasteiger partial charge on any atom is 0.246 e. The number of thiophene rings is 1. The number of benzene rings is 2. The third-order valence-corrected chi connectivity index (χ3v) is 8.49. The van der Waals surface area contributed by atoms with Crippen molar-refractivity contribution < 1.29 is 17.9 Å². The number of carbonyl (C=O) groups is 1. The molecule has 9 heteroatoms. The molecule has 1 amide bonds. The van der Waals surface area contributed by atoms with Gasteiger partial charge in [0, 0.05) is 23.7 Å². The van der Waals surface area contributed by atoms with Gasteiger partial charge in [0.15, 0.2) is 0 Å². The Balaban J connectivity index is 1.49. The Morgan fingerprint density at radius 3 is 2.53 bits per heavy atom. The van der Waals surface area contributed by atoms with Crippen LogP contribution in [0.1, 0.15) is 36.2 Å². The van der Waals surface area contributed by atoms with E-state index in [-0.39, 0.29) is 23.4 Å². The van der Waals surface area contributed by atoms with Crippen LogP contribution in [-0.2, 0) is 14.8 Å². The SMILES string of the molecule is CCOc1ccc(NC(=O)CN[C@@H](c2ccccc2)c2cccs2)cc1S(=O)(=O)N1CCCC1. The summed E-state index contributed by atoms with van der Waals surface area (Å²) in [6.07, 6.45) is 1.69. The molecule has 1 aliphatic heterocycles. The van der Waals surface area contributed by atoms with Crippen LogP contribution in [-0.4, -0.2) is 44.9 Å². The van der Waals surface area contributed by atoms with E-state index in [0.29, 0.717) is 31.1 Å². The second-order valence-corrected chi connectivity index (χ2v) is 10.9. The quantitative estimate of drug-likeness (QED) is 0.436. The van der Waals surface area contributed by atoms with E-state index in [1.54, 1.807) is 23.5 Å². The van der Waals surface area contributed by atoms with E-state index in [1.165, 1.54) is 10.4 Å². The van der Waals surface area contributed by atoms with Crippen LogP contribution in [0.2, 0.25) is 0 Å². The molecular weight excluding hydrogens is 470 g/mol. The molecule has 0 radical (unpaired) electrons. The Kier molecular flexibility index (Phi) is 7.99. The average Bonchev–Trinajstić information content (AvgIpc) is 3.56. The Morgan fingerprint density at radius 2 is 1.85 bits per heavy atom. The number of nitrogens with zero attached hydrogens (tertiary/aromatic N) is 1. The lowest BCUT2D eigenvalue weighted by Crippen LogP contribution is -2.32. The van der Waals surface area contributed by atoms with Gasteiger partial charge in [-0.05, 0) is 55.0 Å². The van der Waals surface area contributed by atoms with Gasteiger partial charge >= 0.3 is 0 Å². The van der Waals surface area contributed by atoms with Gasteiger partial charge in [0.05, 0.1) is 19.2 Å². The second kappa shape index (κ2) is 11.1. The van der Waals surface area contributed by atoms with Crippen molar-refractivity contribution in [2.24, 2.45) is 0 Å². The Hall–Kier alpha value is -2.72. The minimum absolute atomic E-state index is 0.0683. The highest BCUT2D eigenvalue weighted by molar-refractivity contribution is 7.89. The number of hydrogen-bond acceptors (Lipinski definition) is 6. The van der Waals surface area contributed by atoms with E-state index in [2.05, 4.69) is 10.6 Å². The van der Waals surface area contributed by atoms with Crippen molar-refractivity contribution >= 4 is 33.0 Å². The predicted octanol–water partition coefficient (Wildman–Crippen LogP) is 4.25. The Morgan fingerprint density at radius 1 is 1.09 bits per heavy atom. The maximum atomic E-state index is 13.2. The van der Waals surface area contributed by atoms with Crippen molar-refractivity contribution in [2.75, 3.05) is 31.6 Å². The molecule has 1 aliphatic rings. The molecule has 0 unspecified atom stereocenters. The lowest BCUT2D eigenvalue weighted by Gasteiger charge is -2.20. The molecule has 0 saturated carbocycles. The number of ether oxygens (including phenoxy) is 1. The van der Waals surface area contributed by atoms with Crippen LogP contribution in [0.4, 0.5) is 5.69 Å². The lowest BCUT2D eigenvalue weighted by molar-refractivity contribution is -0.115. The fourth-order valence-electron chi connectivity index (χ4n) is 4.01. The number of anilines is 1. The molecule has 1 aromatic heterocycles. The van der Waals surface area contributed by atoms with Crippen LogP contribution in [0.25, 0.3) is 0 Å². The average molecular weight is 500 g/mol. The summed E-state index contributed by atoms with van der Waals surface area (Å²) >= 11 is 1.62. The largest absolute Gasteiger partial charge is 0.492 e. The first-order valence-electron chi connectivity index (χ1n) is 11.4. The van der Waals surface area contributed by atoms with Gasteiger partial charge in [-0.15, -0.1) is 11.3 Å². The molecule has 1 atom stereocenters. The van der Waals surface area contributed by atoms with Gasteiger partial charge in [-0.2, -0.15) is 4.31 Å². The summed E-state index contributed by atoms with van der Waals surface area (Å²) in [7, 11) is -3.70. The molecule has 2 N–H and O–H groups in total. The first-order valence-corrected chi connectivity index (χ1v) is 13.7. The van der Waals surface area contributed by atoms with E-state index in [1.807, 2.05) is 54.8 Å². The van der Waals surface area contributed by atoms with Gasteiger partial charge in [-0.3, -0.25) is 10.1 Å². The molecular formula is C25H29N3O4S2. The smallest absolute Gasteiger partial charge is 0.246 e. The molecule has 0 spiro atoms. The lowest BCUT2D eigenvalue weighted by atomic mass is 10.1. The molecule has 34 heavy (non-hydrogen) atoms. The molecule has 1 saturated heterocycles. The fraction of sp³-hybridized carbons (Fsp3) is 0.320. The van der Waals surface area contributed by atoms with Crippen molar-refractivity contribution in [1.29, 1.82) is 0 Å². The van der Waals surface area contributed by atoms with Crippen LogP contribution < -0.4 is 15.4 Å². The van der Waals surface area contributed by atoms with Gasteiger partial charge in [0.1, 0.15) is 10.6 Å². The number of sulfonamides is 1. The normalized spacial score (nSPS) is 15.2. The van der Waals surface area contributed by atoms with Crippen LogP contribution in [0.3, 0.4) is 0 Å².